The molecular weight excluding hydrogens is 338 g/mol. The van der Waals surface area contributed by atoms with Crippen LogP contribution in [0.5, 0.6) is 0 Å². The van der Waals surface area contributed by atoms with Crippen molar-refractivity contribution in [2.24, 2.45) is 5.16 Å². The largest absolute Gasteiger partial charge is 0.477 e. The van der Waals surface area contributed by atoms with Crippen LogP contribution < -0.4 is 0 Å². The molecule has 1 N–H and O–H groups in total. The lowest BCUT2D eigenvalue weighted by atomic mass is 10.0. The molecule has 0 saturated carbocycles. The Morgan fingerprint density at radius 3 is 1.89 bits per heavy atom. The van der Waals surface area contributed by atoms with Crippen LogP contribution in [0, 0.1) is 0 Å². The van der Waals surface area contributed by atoms with Gasteiger partial charge in [-0.05, 0) is 12.0 Å². The summed E-state index contributed by atoms with van der Waals surface area (Å²) < 4.78 is 0. The van der Waals surface area contributed by atoms with Crippen molar-refractivity contribution < 1.29 is 14.7 Å². The number of carbonyl (C=O) groups is 1. The van der Waals surface area contributed by atoms with Crippen LogP contribution in [0.4, 0.5) is 0 Å². The average molecular weight is 376 g/mol. The molecule has 4 nitrogen and oxygen atoms in total. The normalized spacial score (nSPS) is 11.5. The van der Waals surface area contributed by atoms with Crippen LogP contribution in [0.1, 0.15) is 96.0 Å². The molecule has 152 valence electrons. The summed E-state index contributed by atoms with van der Waals surface area (Å²) in [6.07, 6.45) is 15.6. The molecule has 0 aliphatic heterocycles. The maximum Gasteiger partial charge on any atom is 0.353 e. The van der Waals surface area contributed by atoms with E-state index in [1.165, 1.54) is 64.2 Å². The van der Waals surface area contributed by atoms with Crippen molar-refractivity contribution in [1.29, 1.82) is 0 Å². The van der Waals surface area contributed by atoms with E-state index in [4.69, 9.17) is 4.84 Å². The fourth-order valence-electron chi connectivity index (χ4n) is 3.08. The van der Waals surface area contributed by atoms with E-state index in [0.717, 1.165) is 18.4 Å². The standard InChI is InChI=1S/C23H37NO3/c1-2-3-4-5-6-7-8-9-10-11-12-16-19-22(23(25)26)24-27-20-21-17-14-13-15-18-21/h13-15,17-18H,2-12,16,19-20H2,1H3,(H,25,26)/b24-22-. The van der Waals surface area contributed by atoms with Crippen molar-refractivity contribution >= 4 is 11.7 Å². The Labute approximate surface area is 165 Å². The molecule has 1 aromatic carbocycles. The van der Waals surface area contributed by atoms with Crippen molar-refractivity contribution in [3.05, 3.63) is 35.9 Å². The van der Waals surface area contributed by atoms with Crippen LogP contribution in [0.3, 0.4) is 0 Å². The fraction of sp³-hybridized carbons (Fsp3) is 0.652. The number of rotatable bonds is 17. The number of carboxylic acids is 1. The highest BCUT2D eigenvalue weighted by Crippen LogP contribution is 2.13. The third-order valence-corrected chi connectivity index (χ3v) is 4.76. The molecule has 0 unspecified atom stereocenters. The second kappa shape index (κ2) is 16.3. The Kier molecular flexibility index (Phi) is 14.0. The Morgan fingerprint density at radius 2 is 1.37 bits per heavy atom. The lowest BCUT2D eigenvalue weighted by molar-refractivity contribution is -0.129. The maximum atomic E-state index is 11.3. The molecular formula is C23H37NO3. The molecule has 1 aromatic rings. The van der Waals surface area contributed by atoms with Crippen molar-refractivity contribution in [1.82, 2.24) is 0 Å². The number of aliphatic carboxylic acids is 1. The molecule has 0 amide bonds. The van der Waals surface area contributed by atoms with Crippen LogP contribution in [0.25, 0.3) is 0 Å². The first-order chi connectivity index (χ1) is 13.2. The maximum absolute atomic E-state index is 11.3. The SMILES string of the molecule is CCCCCCCCCCCCCC/C(=N/OCc1ccccc1)C(=O)O. The summed E-state index contributed by atoms with van der Waals surface area (Å²) in [7, 11) is 0. The van der Waals surface area contributed by atoms with Gasteiger partial charge in [-0.15, -0.1) is 0 Å². The van der Waals surface area contributed by atoms with E-state index in [9.17, 15) is 9.90 Å². The molecule has 0 bridgehead atoms. The molecule has 27 heavy (non-hydrogen) atoms. The fourth-order valence-corrected chi connectivity index (χ4v) is 3.08. The van der Waals surface area contributed by atoms with E-state index in [-0.39, 0.29) is 5.71 Å². The number of oxime groups is 1. The van der Waals surface area contributed by atoms with E-state index in [0.29, 0.717) is 13.0 Å². The summed E-state index contributed by atoms with van der Waals surface area (Å²) in [4.78, 5) is 16.5. The van der Waals surface area contributed by atoms with Gasteiger partial charge in [0.25, 0.3) is 0 Å². The summed E-state index contributed by atoms with van der Waals surface area (Å²) in [6, 6.07) is 9.64. The molecule has 4 heteroatoms. The molecule has 0 aliphatic carbocycles. The third kappa shape index (κ3) is 13.0. The van der Waals surface area contributed by atoms with Gasteiger partial charge in [-0.3, -0.25) is 0 Å². The van der Waals surface area contributed by atoms with E-state index in [1.54, 1.807) is 0 Å². The van der Waals surface area contributed by atoms with Gasteiger partial charge in [0.1, 0.15) is 6.61 Å². The van der Waals surface area contributed by atoms with Gasteiger partial charge >= 0.3 is 5.97 Å². The van der Waals surface area contributed by atoms with Crippen molar-refractivity contribution in [2.45, 2.75) is 97.0 Å². The first-order valence-corrected chi connectivity index (χ1v) is 10.7. The molecule has 1 rings (SSSR count). The topological polar surface area (TPSA) is 58.9 Å². The highest BCUT2D eigenvalue weighted by Gasteiger charge is 2.10. The molecule has 0 saturated heterocycles. The average Bonchev–Trinajstić information content (AvgIpc) is 2.68. The van der Waals surface area contributed by atoms with E-state index >= 15 is 0 Å². The summed E-state index contributed by atoms with van der Waals surface area (Å²) in [5.74, 6) is -0.980. The van der Waals surface area contributed by atoms with Crippen molar-refractivity contribution in [3.8, 4) is 0 Å². The van der Waals surface area contributed by atoms with Gasteiger partial charge in [-0.2, -0.15) is 0 Å². The number of benzene rings is 1. The minimum atomic E-state index is -0.980. The summed E-state index contributed by atoms with van der Waals surface area (Å²) in [6.45, 7) is 2.55. The molecule has 0 aliphatic rings. The van der Waals surface area contributed by atoms with Gasteiger partial charge in [0.15, 0.2) is 5.71 Å². The number of carboxylic acid groups (broad SMARTS) is 1. The Balaban J connectivity index is 2.03. The van der Waals surface area contributed by atoms with Gasteiger partial charge < -0.3 is 9.94 Å². The second-order valence-corrected chi connectivity index (χ2v) is 7.24. The summed E-state index contributed by atoms with van der Waals surface area (Å²) >= 11 is 0. The zero-order valence-corrected chi connectivity index (χ0v) is 17.0. The minimum Gasteiger partial charge on any atom is -0.477 e. The Morgan fingerprint density at radius 1 is 0.852 bits per heavy atom. The quantitative estimate of drug-likeness (QED) is 0.186. The van der Waals surface area contributed by atoms with Gasteiger partial charge in [-0.25, -0.2) is 4.79 Å². The predicted octanol–water partition coefficient (Wildman–Crippen LogP) is 6.74. The molecule has 0 radical (unpaired) electrons. The van der Waals surface area contributed by atoms with Crippen LogP contribution in [-0.4, -0.2) is 16.8 Å². The van der Waals surface area contributed by atoms with Crippen molar-refractivity contribution in [2.75, 3.05) is 0 Å². The molecule has 0 atom stereocenters. The van der Waals surface area contributed by atoms with Crippen LogP contribution in [0.15, 0.2) is 35.5 Å². The van der Waals surface area contributed by atoms with Gasteiger partial charge in [-0.1, -0.05) is 113 Å². The monoisotopic (exact) mass is 375 g/mol. The minimum absolute atomic E-state index is 0.123. The van der Waals surface area contributed by atoms with E-state index in [2.05, 4.69) is 12.1 Å². The zero-order chi connectivity index (χ0) is 19.6. The van der Waals surface area contributed by atoms with E-state index < -0.39 is 5.97 Å². The predicted molar refractivity (Wildman–Crippen MR) is 112 cm³/mol. The highest BCUT2D eigenvalue weighted by molar-refractivity contribution is 6.35. The molecule has 0 fully saturated rings. The Hall–Kier alpha value is -1.84. The van der Waals surface area contributed by atoms with Gasteiger partial charge in [0, 0.05) is 6.42 Å². The van der Waals surface area contributed by atoms with Crippen LogP contribution >= 0.6 is 0 Å². The first kappa shape index (κ1) is 23.2. The van der Waals surface area contributed by atoms with Crippen LogP contribution in [0.2, 0.25) is 0 Å². The summed E-state index contributed by atoms with van der Waals surface area (Å²) in [5, 5.41) is 13.1. The molecule has 0 aromatic heterocycles. The molecule has 0 spiro atoms. The van der Waals surface area contributed by atoms with Crippen LogP contribution in [-0.2, 0) is 16.2 Å². The van der Waals surface area contributed by atoms with Gasteiger partial charge in [0.2, 0.25) is 0 Å². The smallest absolute Gasteiger partial charge is 0.353 e. The van der Waals surface area contributed by atoms with Gasteiger partial charge in [0.05, 0.1) is 0 Å². The highest BCUT2D eigenvalue weighted by atomic mass is 16.6. The first-order valence-electron chi connectivity index (χ1n) is 10.7. The second-order valence-electron chi connectivity index (χ2n) is 7.24. The number of unbranched alkanes of at least 4 members (excludes halogenated alkanes) is 11. The summed E-state index contributed by atoms with van der Waals surface area (Å²) in [5.41, 5.74) is 1.11. The third-order valence-electron chi connectivity index (χ3n) is 4.76. The lowest BCUT2D eigenvalue weighted by Gasteiger charge is -2.04. The number of nitrogens with zero attached hydrogens (tertiary/aromatic N) is 1. The Bertz CT molecular complexity index is 514. The molecule has 0 heterocycles. The lowest BCUT2D eigenvalue weighted by Crippen LogP contribution is -2.13. The van der Waals surface area contributed by atoms with Crippen molar-refractivity contribution in [3.63, 3.8) is 0 Å². The number of hydrogen-bond donors (Lipinski definition) is 1. The van der Waals surface area contributed by atoms with E-state index in [1.807, 2.05) is 30.3 Å². The number of hydrogen-bond acceptors (Lipinski definition) is 3. The zero-order valence-electron chi connectivity index (χ0n) is 17.0.